The van der Waals surface area contributed by atoms with Gasteiger partial charge >= 0.3 is 0 Å². The molecule has 1 N–H and O–H groups in total. The summed E-state index contributed by atoms with van der Waals surface area (Å²) in [5.41, 5.74) is 0.163. The third-order valence-electron chi connectivity index (χ3n) is 2.08. The Morgan fingerprint density at radius 1 is 1.40 bits per heavy atom. The van der Waals surface area contributed by atoms with E-state index in [1.54, 1.807) is 0 Å². The molecular weight excluding hydrogens is 301 g/mol. The summed E-state index contributed by atoms with van der Waals surface area (Å²) >= 11 is 2.29. The third kappa shape index (κ3) is 4.84. The Balaban J connectivity index is 2.49. The number of ether oxygens (including phenoxy) is 1. The summed E-state index contributed by atoms with van der Waals surface area (Å²) in [6.07, 6.45) is 0. The molecule has 84 valence electrons. The van der Waals surface area contributed by atoms with Gasteiger partial charge in [0, 0.05) is 15.5 Å². The molecule has 0 amide bonds. The van der Waals surface area contributed by atoms with E-state index in [1.807, 2.05) is 19.2 Å². The van der Waals surface area contributed by atoms with Gasteiger partial charge in [-0.05, 0) is 47.8 Å². The lowest BCUT2D eigenvalue weighted by atomic mass is 9.95. The molecule has 0 spiro atoms. The zero-order valence-electron chi connectivity index (χ0n) is 9.51. The first-order valence-corrected chi connectivity index (χ1v) is 6.14. The van der Waals surface area contributed by atoms with Crippen LogP contribution in [0.1, 0.15) is 13.8 Å². The van der Waals surface area contributed by atoms with E-state index in [4.69, 9.17) is 4.74 Å². The average Bonchev–Trinajstić information content (AvgIpc) is 2.15. The highest BCUT2D eigenvalue weighted by Gasteiger charge is 2.17. The van der Waals surface area contributed by atoms with Crippen molar-refractivity contribution in [3.63, 3.8) is 0 Å². The summed E-state index contributed by atoms with van der Waals surface area (Å²) in [5, 5.41) is 3.17. The van der Waals surface area contributed by atoms with Crippen LogP contribution in [0, 0.1) is 8.99 Å². The van der Waals surface area contributed by atoms with Crippen molar-refractivity contribution in [1.82, 2.24) is 5.32 Å². The normalized spacial score (nSPS) is 11.5. The number of halogens is 1. The van der Waals surface area contributed by atoms with Crippen LogP contribution in [0.25, 0.3) is 0 Å². The smallest absolute Gasteiger partial charge is 0.120 e. The van der Waals surface area contributed by atoms with Crippen molar-refractivity contribution in [2.45, 2.75) is 13.8 Å². The number of hydrogen-bond acceptors (Lipinski definition) is 2. The van der Waals surface area contributed by atoms with E-state index >= 15 is 0 Å². The molecule has 0 fully saturated rings. The topological polar surface area (TPSA) is 21.3 Å². The Labute approximate surface area is 106 Å². The second-order valence-electron chi connectivity index (χ2n) is 4.44. The summed E-state index contributed by atoms with van der Waals surface area (Å²) in [6.45, 7) is 6.07. The maximum absolute atomic E-state index is 5.76. The maximum Gasteiger partial charge on any atom is 0.120 e. The SMILES string of the molecule is CNCC(C)(C)COc1cccc(I)c1. The van der Waals surface area contributed by atoms with Gasteiger partial charge in [-0.2, -0.15) is 0 Å². The minimum Gasteiger partial charge on any atom is -0.493 e. The van der Waals surface area contributed by atoms with Gasteiger partial charge < -0.3 is 10.1 Å². The summed E-state index contributed by atoms with van der Waals surface area (Å²) < 4.78 is 6.96. The minimum absolute atomic E-state index is 0.163. The first-order valence-electron chi connectivity index (χ1n) is 5.06. The monoisotopic (exact) mass is 319 g/mol. The molecule has 0 unspecified atom stereocenters. The van der Waals surface area contributed by atoms with Crippen LogP contribution >= 0.6 is 22.6 Å². The molecule has 3 heteroatoms. The van der Waals surface area contributed by atoms with Crippen LogP contribution in [0.5, 0.6) is 5.75 Å². The number of benzene rings is 1. The highest BCUT2D eigenvalue weighted by atomic mass is 127. The zero-order chi connectivity index (χ0) is 11.3. The molecule has 0 aromatic heterocycles. The first kappa shape index (κ1) is 12.8. The van der Waals surface area contributed by atoms with Gasteiger partial charge in [0.15, 0.2) is 0 Å². The van der Waals surface area contributed by atoms with E-state index in [-0.39, 0.29) is 5.41 Å². The molecule has 0 bridgehead atoms. The predicted octanol–water partition coefficient (Wildman–Crippen LogP) is 2.92. The van der Waals surface area contributed by atoms with Crippen molar-refractivity contribution in [2.24, 2.45) is 5.41 Å². The third-order valence-corrected chi connectivity index (χ3v) is 2.75. The molecule has 0 aliphatic rings. The van der Waals surface area contributed by atoms with Crippen LogP contribution in [0.3, 0.4) is 0 Å². The molecule has 1 rings (SSSR count). The van der Waals surface area contributed by atoms with Gasteiger partial charge in [0.25, 0.3) is 0 Å². The molecule has 15 heavy (non-hydrogen) atoms. The summed E-state index contributed by atoms with van der Waals surface area (Å²) in [5.74, 6) is 0.950. The Hall–Kier alpha value is -0.290. The van der Waals surface area contributed by atoms with Gasteiger partial charge in [0.1, 0.15) is 5.75 Å². The summed E-state index contributed by atoms with van der Waals surface area (Å²) in [6, 6.07) is 8.13. The quantitative estimate of drug-likeness (QED) is 0.843. The molecular formula is C12H18INO. The molecule has 0 aliphatic carbocycles. The maximum atomic E-state index is 5.76. The number of rotatable bonds is 5. The van der Waals surface area contributed by atoms with Gasteiger partial charge in [0.05, 0.1) is 6.61 Å². The Bertz CT molecular complexity index is 312. The molecule has 2 nitrogen and oxygen atoms in total. The van der Waals surface area contributed by atoms with Crippen molar-refractivity contribution < 1.29 is 4.74 Å². The van der Waals surface area contributed by atoms with Gasteiger partial charge in [0.2, 0.25) is 0 Å². The molecule has 1 aromatic carbocycles. The van der Waals surface area contributed by atoms with E-state index in [9.17, 15) is 0 Å². The highest BCUT2D eigenvalue weighted by molar-refractivity contribution is 14.1. The largest absolute Gasteiger partial charge is 0.493 e. The number of nitrogens with one attached hydrogen (secondary N) is 1. The van der Waals surface area contributed by atoms with Crippen LogP contribution in [0.4, 0.5) is 0 Å². The van der Waals surface area contributed by atoms with E-state index in [0.29, 0.717) is 0 Å². The van der Waals surface area contributed by atoms with E-state index in [2.05, 4.69) is 53.9 Å². The van der Waals surface area contributed by atoms with Crippen LogP contribution in [-0.4, -0.2) is 20.2 Å². The van der Waals surface area contributed by atoms with Crippen LogP contribution < -0.4 is 10.1 Å². The highest BCUT2D eigenvalue weighted by Crippen LogP contribution is 2.19. The fourth-order valence-corrected chi connectivity index (χ4v) is 1.88. The average molecular weight is 319 g/mol. The fraction of sp³-hybridized carbons (Fsp3) is 0.500. The summed E-state index contributed by atoms with van der Waals surface area (Å²) in [7, 11) is 1.97. The Morgan fingerprint density at radius 2 is 2.13 bits per heavy atom. The second kappa shape index (κ2) is 5.70. The lowest BCUT2D eigenvalue weighted by molar-refractivity contribution is 0.179. The lowest BCUT2D eigenvalue weighted by Crippen LogP contribution is -2.32. The molecule has 0 aliphatic heterocycles. The molecule has 0 saturated heterocycles. The van der Waals surface area contributed by atoms with Crippen LogP contribution in [0.2, 0.25) is 0 Å². The van der Waals surface area contributed by atoms with Crippen molar-refractivity contribution in [3.05, 3.63) is 27.8 Å². The van der Waals surface area contributed by atoms with Crippen molar-refractivity contribution in [2.75, 3.05) is 20.2 Å². The first-order chi connectivity index (χ1) is 7.03. The van der Waals surface area contributed by atoms with Crippen LogP contribution in [0.15, 0.2) is 24.3 Å². The van der Waals surface area contributed by atoms with Crippen molar-refractivity contribution in [3.8, 4) is 5.75 Å². The fourth-order valence-electron chi connectivity index (χ4n) is 1.37. The van der Waals surface area contributed by atoms with Gasteiger partial charge in [-0.1, -0.05) is 19.9 Å². The van der Waals surface area contributed by atoms with Gasteiger partial charge in [-0.25, -0.2) is 0 Å². The van der Waals surface area contributed by atoms with E-state index in [1.165, 1.54) is 3.57 Å². The zero-order valence-corrected chi connectivity index (χ0v) is 11.7. The molecule has 0 saturated carbocycles. The molecule has 0 radical (unpaired) electrons. The second-order valence-corrected chi connectivity index (χ2v) is 5.69. The predicted molar refractivity (Wildman–Crippen MR) is 72.4 cm³/mol. The lowest BCUT2D eigenvalue weighted by Gasteiger charge is -2.24. The van der Waals surface area contributed by atoms with E-state index < -0.39 is 0 Å². The standard InChI is InChI=1S/C12H18INO/c1-12(2,8-14-3)9-15-11-6-4-5-10(13)7-11/h4-7,14H,8-9H2,1-3H3. The Morgan fingerprint density at radius 3 is 2.73 bits per heavy atom. The number of hydrogen-bond donors (Lipinski definition) is 1. The molecule has 0 atom stereocenters. The van der Waals surface area contributed by atoms with E-state index in [0.717, 1.165) is 18.9 Å². The Kier molecular flexibility index (Phi) is 4.86. The van der Waals surface area contributed by atoms with Gasteiger partial charge in [-0.3, -0.25) is 0 Å². The van der Waals surface area contributed by atoms with Gasteiger partial charge in [-0.15, -0.1) is 0 Å². The molecule has 1 aromatic rings. The van der Waals surface area contributed by atoms with Crippen molar-refractivity contribution >= 4 is 22.6 Å². The summed E-state index contributed by atoms with van der Waals surface area (Å²) in [4.78, 5) is 0. The van der Waals surface area contributed by atoms with Crippen molar-refractivity contribution in [1.29, 1.82) is 0 Å². The minimum atomic E-state index is 0.163. The molecule has 0 heterocycles. The van der Waals surface area contributed by atoms with Crippen LogP contribution in [-0.2, 0) is 0 Å².